The highest BCUT2D eigenvalue weighted by Gasteiger charge is 2.49. The number of fused-ring (bicyclic) bond motifs is 4. The predicted molar refractivity (Wildman–Crippen MR) is 219 cm³/mol. The smallest absolute Gasteiger partial charge is 0.412 e. The molecule has 3 aliphatic rings. The Kier molecular flexibility index (Phi) is 10.6. The van der Waals surface area contributed by atoms with Crippen LogP contribution in [0.4, 0.5) is 28.8 Å². The van der Waals surface area contributed by atoms with Gasteiger partial charge in [-0.15, -0.1) is 11.3 Å². The van der Waals surface area contributed by atoms with Crippen LogP contribution in [0.5, 0.6) is 6.01 Å². The number of thiophene rings is 1. The molecule has 2 aromatic carbocycles. The number of aromatic nitrogens is 4. The molecule has 310 valence electrons. The Balaban J connectivity index is 1.27. The van der Waals surface area contributed by atoms with Crippen LogP contribution in [0.15, 0.2) is 24.3 Å². The zero-order chi connectivity index (χ0) is 42.0. The van der Waals surface area contributed by atoms with Crippen LogP contribution >= 0.6 is 22.9 Å². The highest BCUT2D eigenvalue weighted by molar-refractivity contribution is 7.23. The molecule has 18 heteroatoms. The van der Waals surface area contributed by atoms with Gasteiger partial charge in [-0.2, -0.15) is 20.3 Å². The van der Waals surface area contributed by atoms with E-state index in [2.05, 4.69) is 26.4 Å². The number of nitriles is 1. The molecular weight excluding hydrogens is 807 g/mol. The van der Waals surface area contributed by atoms with Crippen molar-refractivity contribution in [2.75, 3.05) is 50.6 Å². The van der Waals surface area contributed by atoms with Gasteiger partial charge in [0.25, 0.3) is 5.91 Å². The molecule has 6 heterocycles. The molecule has 3 aromatic heterocycles. The standard InChI is InChI=1S/C41H43ClF3N9O4S/c1-40(2,3)58-39(56)49-36-26(18-46)30-24(9-10-28(44)34(30)59-36)31-27(42)16-25-33(32(31)45)47-38(57-21-41-11-8-13-53(41)19-22(43)17-41)48-35(25)52-12-6-7-14-54-23(20-52)15-29(50-54)37(55)51(4)5/h9-10,15-16,22H,6-8,11-14,17,19-21H2,1-5H3,(H,49,56)/t22-,41+/m1/s1. The van der Waals surface area contributed by atoms with Crippen molar-refractivity contribution in [3.05, 3.63) is 57.9 Å². The van der Waals surface area contributed by atoms with Crippen LogP contribution in [-0.2, 0) is 17.8 Å². The Morgan fingerprint density at radius 3 is 2.66 bits per heavy atom. The first kappa shape index (κ1) is 40.6. The Bertz CT molecular complexity index is 2550. The average Bonchev–Trinajstić information content (AvgIpc) is 3.91. The number of carbonyl (C=O) groups is 2. The molecular formula is C41H43ClF3N9O4S. The maximum absolute atomic E-state index is 17.5. The summed E-state index contributed by atoms with van der Waals surface area (Å²) in [7, 11) is 3.32. The number of hydrogen-bond donors (Lipinski definition) is 1. The van der Waals surface area contributed by atoms with E-state index in [4.69, 9.17) is 26.1 Å². The van der Waals surface area contributed by atoms with Gasteiger partial charge in [-0.25, -0.2) is 18.0 Å². The van der Waals surface area contributed by atoms with Gasteiger partial charge >= 0.3 is 12.1 Å². The topological polar surface area (TPSA) is 142 Å². The predicted octanol–water partition coefficient (Wildman–Crippen LogP) is 8.32. The molecule has 0 saturated carbocycles. The van der Waals surface area contributed by atoms with Crippen LogP contribution < -0.4 is 15.0 Å². The molecule has 8 rings (SSSR count). The lowest BCUT2D eigenvalue weighted by molar-refractivity contribution is 0.0636. The first-order valence-electron chi connectivity index (χ1n) is 19.5. The van der Waals surface area contributed by atoms with E-state index < -0.39 is 35.0 Å². The Morgan fingerprint density at radius 2 is 1.92 bits per heavy atom. The third kappa shape index (κ3) is 7.62. The zero-order valence-electron chi connectivity index (χ0n) is 33.3. The van der Waals surface area contributed by atoms with Gasteiger partial charge in [-0.3, -0.25) is 19.7 Å². The quantitative estimate of drug-likeness (QED) is 0.170. The summed E-state index contributed by atoms with van der Waals surface area (Å²) in [6, 6.07) is 7.71. The molecule has 2 amide bonds. The highest BCUT2D eigenvalue weighted by atomic mass is 35.5. The Morgan fingerprint density at radius 1 is 1.14 bits per heavy atom. The second-order valence-corrected chi connectivity index (χ2v) is 18.0. The van der Waals surface area contributed by atoms with Crippen LogP contribution in [0, 0.1) is 23.0 Å². The number of ether oxygens (including phenoxy) is 2. The number of aryl methyl sites for hydroxylation is 1. The molecule has 0 unspecified atom stereocenters. The van der Waals surface area contributed by atoms with Crippen molar-refractivity contribution in [3.8, 4) is 23.2 Å². The fraction of sp³-hybridized carbons (Fsp3) is 0.463. The lowest BCUT2D eigenvalue weighted by atomic mass is 9.95. The maximum Gasteiger partial charge on any atom is 0.412 e. The van der Waals surface area contributed by atoms with E-state index in [-0.39, 0.29) is 72.8 Å². The minimum absolute atomic E-state index is 0.000497. The monoisotopic (exact) mass is 849 g/mol. The van der Waals surface area contributed by atoms with E-state index in [1.807, 2.05) is 4.90 Å². The lowest BCUT2D eigenvalue weighted by Gasteiger charge is -2.31. The molecule has 0 spiro atoms. The summed E-state index contributed by atoms with van der Waals surface area (Å²) in [6.45, 7) is 7.57. The summed E-state index contributed by atoms with van der Waals surface area (Å²) in [5.74, 6) is -1.47. The van der Waals surface area contributed by atoms with Gasteiger partial charge in [0, 0.05) is 56.5 Å². The third-order valence-electron chi connectivity index (χ3n) is 11.0. The normalized spacial score (nSPS) is 19.6. The fourth-order valence-electron chi connectivity index (χ4n) is 8.46. The third-order valence-corrected chi connectivity index (χ3v) is 12.5. The van der Waals surface area contributed by atoms with Gasteiger partial charge in [-0.05, 0) is 76.8 Å². The number of hydrogen-bond acceptors (Lipinski definition) is 11. The van der Waals surface area contributed by atoms with Crippen molar-refractivity contribution in [1.82, 2.24) is 29.5 Å². The van der Waals surface area contributed by atoms with E-state index in [1.165, 1.54) is 11.0 Å². The maximum atomic E-state index is 17.5. The molecule has 0 radical (unpaired) electrons. The second kappa shape index (κ2) is 15.4. The molecule has 1 N–H and O–H groups in total. The summed E-state index contributed by atoms with van der Waals surface area (Å²) in [5.41, 5.74) is -0.622. The molecule has 3 aliphatic heterocycles. The minimum atomic E-state index is -0.993. The largest absolute Gasteiger partial charge is 0.461 e. The summed E-state index contributed by atoms with van der Waals surface area (Å²) in [4.78, 5) is 40.7. The number of anilines is 2. The summed E-state index contributed by atoms with van der Waals surface area (Å²) < 4.78 is 61.3. The highest BCUT2D eigenvalue weighted by Crippen LogP contribution is 2.47. The van der Waals surface area contributed by atoms with Crippen LogP contribution in [-0.4, -0.2) is 99.2 Å². The Labute approximate surface area is 347 Å². The molecule has 0 aliphatic carbocycles. The van der Waals surface area contributed by atoms with Gasteiger partial charge in [0.1, 0.15) is 46.6 Å². The number of amides is 2. The molecule has 59 heavy (non-hydrogen) atoms. The van der Waals surface area contributed by atoms with Gasteiger partial charge in [0.2, 0.25) is 0 Å². The molecule has 2 fully saturated rings. The van der Waals surface area contributed by atoms with Crippen molar-refractivity contribution >= 4 is 66.7 Å². The number of alkyl halides is 1. The average molecular weight is 850 g/mol. The van der Waals surface area contributed by atoms with E-state index in [0.717, 1.165) is 48.9 Å². The van der Waals surface area contributed by atoms with E-state index in [1.54, 1.807) is 51.7 Å². The summed E-state index contributed by atoms with van der Waals surface area (Å²) in [5, 5.41) is 17.8. The SMILES string of the molecule is CN(C)C(=O)c1cc2n(n1)CCCCN(c1nc(OC[C@@]34CCCN3C[C@H](F)C4)nc3c(F)c(-c4ccc(F)c5sc(NC(=O)OC(C)(C)C)c(C#N)c45)c(Cl)cc13)C2. The number of nitrogens with one attached hydrogen (secondary N) is 1. The van der Waals surface area contributed by atoms with Crippen molar-refractivity contribution in [3.63, 3.8) is 0 Å². The molecule has 0 bridgehead atoms. The van der Waals surface area contributed by atoms with Gasteiger partial charge in [-0.1, -0.05) is 17.7 Å². The van der Waals surface area contributed by atoms with E-state index >= 15 is 8.78 Å². The van der Waals surface area contributed by atoms with E-state index in [0.29, 0.717) is 44.0 Å². The lowest BCUT2D eigenvalue weighted by Crippen LogP contribution is -2.43. The number of halogens is 4. The van der Waals surface area contributed by atoms with Crippen molar-refractivity contribution < 1.29 is 32.2 Å². The van der Waals surface area contributed by atoms with Gasteiger partial charge in [0.15, 0.2) is 11.5 Å². The Hall–Kier alpha value is -5.18. The molecule has 13 nitrogen and oxygen atoms in total. The summed E-state index contributed by atoms with van der Waals surface area (Å²) in [6.07, 6.45) is 1.55. The molecule has 5 aromatic rings. The summed E-state index contributed by atoms with van der Waals surface area (Å²) >= 11 is 7.83. The molecule has 2 saturated heterocycles. The number of carbonyl (C=O) groups excluding carboxylic acids is 2. The first-order chi connectivity index (χ1) is 28.1. The number of nitrogens with zero attached hydrogens (tertiary/aromatic N) is 8. The first-order valence-corrected chi connectivity index (χ1v) is 20.7. The van der Waals surface area contributed by atoms with Crippen LogP contribution in [0.1, 0.15) is 74.6 Å². The van der Waals surface area contributed by atoms with Crippen LogP contribution in [0.2, 0.25) is 5.02 Å². The fourth-order valence-corrected chi connectivity index (χ4v) is 9.82. The van der Waals surface area contributed by atoms with Crippen molar-refractivity contribution in [2.24, 2.45) is 0 Å². The molecule has 2 atom stereocenters. The number of rotatable bonds is 7. The van der Waals surface area contributed by atoms with Crippen molar-refractivity contribution in [2.45, 2.75) is 83.3 Å². The zero-order valence-corrected chi connectivity index (χ0v) is 34.9. The van der Waals surface area contributed by atoms with Crippen molar-refractivity contribution in [1.29, 1.82) is 5.26 Å². The minimum Gasteiger partial charge on any atom is -0.461 e. The second-order valence-electron chi connectivity index (χ2n) is 16.6. The van der Waals surface area contributed by atoms with Gasteiger partial charge in [0.05, 0.1) is 33.1 Å². The van der Waals surface area contributed by atoms with Gasteiger partial charge < -0.3 is 19.3 Å². The number of benzene rings is 2. The van der Waals surface area contributed by atoms with Crippen LogP contribution in [0.3, 0.4) is 0 Å². The van der Waals surface area contributed by atoms with E-state index in [9.17, 15) is 19.2 Å². The van der Waals surface area contributed by atoms with Crippen LogP contribution in [0.25, 0.3) is 32.1 Å².